The minimum Gasteiger partial charge on any atom is -0.448 e. The first kappa shape index (κ1) is 21.3. The maximum absolute atomic E-state index is 12.4. The molecule has 4 rings (SSSR count). The highest BCUT2D eigenvalue weighted by molar-refractivity contribution is 7.86. The maximum atomic E-state index is 12.4. The van der Waals surface area contributed by atoms with E-state index in [1.807, 2.05) is 6.92 Å². The Morgan fingerprint density at radius 3 is 2.33 bits per heavy atom. The summed E-state index contributed by atoms with van der Waals surface area (Å²) in [6.45, 7) is 1.53. The molecule has 9 heteroatoms. The molecule has 1 aliphatic rings. The molecule has 0 aromatic heterocycles. The summed E-state index contributed by atoms with van der Waals surface area (Å²) in [6, 6.07) is 14.7. The molecule has 0 saturated heterocycles. The molecule has 5 nitrogen and oxygen atoms in total. The van der Waals surface area contributed by atoms with Gasteiger partial charge in [-0.2, -0.15) is 8.42 Å². The summed E-state index contributed by atoms with van der Waals surface area (Å²) in [7, 11) is -3.96. The number of hydrogen-bond donors (Lipinski definition) is 0. The van der Waals surface area contributed by atoms with Crippen molar-refractivity contribution < 1.29 is 22.1 Å². The molecule has 1 atom stereocenters. The second kappa shape index (κ2) is 8.29. The van der Waals surface area contributed by atoms with Gasteiger partial charge in [0.2, 0.25) is 0 Å². The SMILES string of the molecule is Cc1ccc(S(=O)(=O)OCC2Oc3cc(Cl)cc(-c4ccc(Cl)cc4Cl)c3O2)cc1. The van der Waals surface area contributed by atoms with Gasteiger partial charge in [-0.1, -0.05) is 58.6 Å². The zero-order valence-electron chi connectivity index (χ0n) is 15.6. The smallest absolute Gasteiger partial charge is 0.297 e. The monoisotopic (exact) mass is 484 g/mol. The van der Waals surface area contributed by atoms with E-state index in [0.29, 0.717) is 37.7 Å². The van der Waals surface area contributed by atoms with Crippen LogP contribution in [0.2, 0.25) is 15.1 Å². The molecule has 1 heterocycles. The summed E-state index contributed by atoms with van der Waals surface area (Å²) in [5.74, 6) is 0.759. The van der Waals surface area contributed by atoms with E-state index in [-0.39, 0.29) is 11.5 Å². The second-order valence-electron chi connectivity index (χ2n) is 6.62. The minimum absolute atomic E-state index is 0.0558. The van der Waals surface area contributed by atoms with Crippen LogP contribution in [0.3, 0.4) is 0 Å². The van der Waals surface area contributed by atoms with Crippen molar-refractivity contribution >= 4 is 44.9 Å². The summed E-state index contributed by atoms with van der Waals surface area (Å²) in [5, 5.41) is 1.32. The van der Waals surface area contributed by atoms with Crippen molar-refractivity contribution in [2.75, 3.05) is 6.61 Å². The number of hydrogen-bond acceptors (Lipinski definition) is 5. The van der Waals surface area contributed by atoms with E-state index in [4.69, 9.17) is 48.5 Å². The maximum Gasteiger partial charge on any atom is 0.297 e. The molecule has 0 amide bonds. The average Bonchev–Trinajstić information content (AvgIpc) is 3.09. The van der Waals surface area contributed by atoms with E-state index in [1.165, 1.54) is 12.1 Å². The molecule has 0 saturated carbocycles. The topological polar surface area (TPSA) is 61.8 Å². The van der Waals surface area contributed by atoms with Crippen LogP contribution in [0.4, 0.5) is 0 Å². The summed E-state index contributed by atoms with van der Waals surface area (Å²) in [4.78, 5) is 0.0558. The summed E-state index contributed by atoms with van der Waals surface area (Å²) in [5.41, 5.74) is 2.19. The first-order chi connectivity index (χ1) is 14.2. The van der Waals surface area contributed by atoms with Gasteiger partial charge < -0.3 is 9.47 Å². The van der Waals surface area contributed by atoms with Gasteiger partial charge in [0.1, 0.15) is 6.61 Å². The van der Waals surface area contributed by atoms with Crippen LogP contribution >= 0.6 is 34.8 Å². The molecule has 156 valence electrons. The van der Waals surface area contributed by atoms with E-state index >= 15 is 0 Å². The van der Waals surface area contributed by atoms with Crippen molar-refractivity contribution in [3.05, 3.63) is 75.2 Å². The Bertz CT molecular complexity index is 1210. The number of fused-ring (bicyclic) bond motifs is 1. The second-order valence-corrected chi connectivity index (χ2v) is 9.52. The molecule has 3 aromatic carbocycles. The van der Waals surface area contributed by atoms with Crippen LogP contribution in [-0.2, 0) is 14.3 Å². The Kier molecular flexibility index (Phi) is 5.88. The number of rotatable bonds is 5. The molecule has 1 aliphatic heterocycles. The van der Waals surface area contributed by atoms with E-state index in [1.54, 1.807) is 42.5 Å². The van der Waals surface area contributed by atoms with Gasteiger partial charge in [-0.05, 0) is 37.3 Å². The molecule has 0 aliphatic carbocycles. The molecule has 0 fully saturated rings. The minimum atomic E-state index is -3.96. The van der Waals surface area contributed by atoms with Crippen molar-refractivity contribution in [2.24, 2.45) is 0 Å². The quantitative estimate of drug-likeness (QED) is 0.407. The van der Waals surface area contributed by atoms with E-state index in [2.05, 4.69) is 0 Å². The number of ether oxygens (including phenoxy) is 2. The predicted octanol–water partition coefficient (Wildman–Crippen LogP) is 6.13. The Hall–Kier alpha value is -1.96. The third kappa shape index (κ3) is 4.38. The Balaban J connectivity index is 1.55. The van der Waals surface area contributed by atoms with E-state index in [9.17, 15) is 8.42 Å². The van der Waals surface area contributed by atoms with Crippen LogP contribution in [-0.4, -0.2) is 21.3 Å². The summed E-state index contributed by atoms with van der Waals surface area (Å²) < 4.78 is 41.5. The van der Waals surface area contributed by atoms with Crippen molar-refractivity contribution in [3.63, 3.8) is 0 Å². The fourth-order valence-corrected chi connectivity index (χ4v) is 4.58. The molecular weight excluding hydrogens is 471 g/mol. The van der Waals surface area contributed by atoms with Gasteiger partial charge in [-0.3, -0.25) is 4.18 Å². The van der Waals surface area contributed by atoms with Crippen LogP contribution < -0.4 is 9.47 Å². The standard InChI is InChI=1S/C21H15Cl3O5S/c1-12-2-5-15(6-3-12)30(25,26)27-11-20-28-19-10-14(23)8-17(21(19)29-20)16-7-4-13(22)9-18(16)24/h2-10,20H,11H2,1H3. The molecule has 3 aromatic rings. The first-order valence-corrected chi connectivity index (χ1v) is 11.4. The van der Waals surface area contributed by atoms with Gasteiger partial charge in [0.25, 0.3) is 16.4 Å². The van der Waals surface area contributed by atoms with Gasteiger partial charge in [0, 0.05) is 27.2 Å². The van der Waals surface area contributed by atoms with Gasteiger partial charge in [0.15, 0.2) is 11.5 Å². The van der Waals surface area contributed by atoms with E-state index in [0.717, 1.165) is 5.56 Å². The van der Waals surface area contributed by atoms with Crippen LogP contribution in [0.5, 0.6) is 11.5 Å². The number of aryl methyl sites for hydroxylation is 1. The largest absolute Gasteiger partial charge is 0.448 e. The van der Waals surface area contributed by atoms with Crippen LogP contribution in [0, 0.1) is 6.92 Å². The Morgan fingerprint density at radius 2 is 1.63 bits per heavy atom. The highest BCUT2D eigenvalue weighted by Crippen LogP contribution is 2.47. The predicted molar refractivity (Wildman–Crippen MR) is 116 cm³/mol. The fourth-order valence-electron chi connectivity index (χ4n) is 2.97. The molecule has 0 bridgehead atoms. The highest BCUT2D eigenvalue weighted by Gasteiger charge is 2.31. The molecule has 0 N–H and O–H groups in total. The number of halogens is 3. The summed E-state index contributed by atoms with van der Waals surface area (Å²) in [6.07, 6.45) is -0.969. The molecule has 1 unspecified atom stereocenters. The van der Waals surface area contributed by atoms with Crippen molar-refractivity contribution in [1.82, 2.24) is 0 Å². The Morgan fingerprint density at radius 1 is 0.900 bits per heavy atom. The molecular formula is C21H15Cl3O5S. The van der Waals surface area contributed by atoms with Crippen molar-refractivity contribution in [1.29, 1.82) is 0 Å². The highest BCUT2D eigenvalue weighted by atomic mass is 35.5. The lowest BCUT2D eigenvalue weighted by atomic mass is 10.0. The van der Waals surface area contributed by atoms with E-state index < -0.39 is 16.4 Å². The fraction of sp³-hybridized carbons (Fsp3) is 0.143. The third-order valence-electron chi connectivity index (χ3n) is 4.42. The van der Waals surface area contributed by atoms with Crippen LogP contribution in [0.15, 0.2) is 59.5 Å². The normalized spacial score (nSPS) is 15.4. The summed E-state index contributed by atoms with van der Waals surface area (Å²) >= 11 is 18.5. The Labute approximate surface area is 189 Å². The lowest BCUT2D eigenvalue weighted by Crippen LogP contribution is -2.26. The van der Waals surface area contributed by atoms with Crippen molar-refractivity contribution in [2.45, 2.75) is 18.1 Å². The lowest BCUT2D eigenvalue weighted by molar-refractivity contribution is 0.00993. The third-order valence-corrected chi connectivity index (χ3v) is 6.48. The first-order valence-electron chi connectivity index (χ1n) is 8.81. The lowest BCUT2D eigenvalue weighted by Gasteiger charge is -2.12. The van der Waals surface area contributed by atoms with Gasteiger partial charge >= 0.3 is 0 Å². The molecule has 0 radical (unpaired) electrons. The number of benzene rings is 3. The average molecular weight is 486 g/mol. The molecule has 0 spiro atoms. The molecule has 30 heavy (non-hydrogen) atoms. The van der Waals surface area contributed by atoms with Crippen LogP contribution in [0.25, 0.3) is 11.1 Å². The zero-order valence-corrected chi connectivity index (χ0v) is 18.6. The van der Waals surface area contributed by atoms with Crippen molar-refractivity contribution in [3.8, 4) is 22.6 Å². The van der Waals surface area contributed by atoms with Gasteiger partial charge in [-0.15, -0.1) is 0 Å². The zero-order chi connectivity index (χ0) is 21.5. The van der Waals surface area contributed by atoms with Crippen LogP contribution in [0.1, 0.15) is 5.56 Å². The van der Waals surface area contributed by atoms with Gasteiger partial charge in [-0.25, -0.2) is 0 Å². The van der Waals surface area contributed by atoms with Gasteiger partial charge in [0.05, 0.1) is 9.92 Å².